The summed E-state index contributed by atoms with van der Waals surface area (Å²) in [7, 11) is 0. The molecule has 0 spiro atoms. The van der Waals surface area contributed by atoms with E-state index in [0.717, 1.165) is 30.6 Å². The van der Waals surface area contributed by atoms with Crippen molar-refractivity contribution in [3.8, 4) is 0 Å². The van der Waals surface area contributed by atoms with Gasteiger partial charge in [0.25, 0.3) is 0 Å². The Balaban J connectivity index is 1.88. The lowest BCUT2D eigenvalue weighted by Crippen LogP contribution is -2.46. The summed E-state index contributed by atoms with van der Waals surface area (Å²) in [6, 6.07) is 6.19. The van der Waals surface area contributed by atoms with Crippen LogP contribution in [-0.4, -0.2) is 40.8 Å². The number of halogens is 1. The summed E-state index contributed by atoms with van der Waals surface area (Å²) >= 11 is 1.74. The Morgan fingerprint density at radius 2 is 1.75 bits per heavy atom. The fourth-order valence-electron chi connectivity index (χ4n) is 3.75. The summed E-state index contributed by atoms with van der Waals surface area (Å²) in [5, 5.41) is 2.67. The highest BCUT2D eigenvalue weighted by Crippen LogP contribution is 2.47. The molecule has 0 radical (unpaired) electrons. The molecule has 0 heterocycles. The number of benzene rings is 1. The minimum Gasteiger partial charge on any atom is -0.458 e. The molecule has 32 heavy (non-hydrogen) atoms. The number of amides is 1. The van der Waals surface area contributed by atoms with Crippen LogP contribution in [0.1, 0.15) is 79.2 Å². The van der Waals surface area contributed by atoms with Crippen LogP contribution in [0.25, 0.3) is 0 Å². The van der Waals surface area contributed by atoms with E-state index in [9.17, 15) is 14.0 Å². The molecule has 1 aromatic rings. The normalized spacial score (nSPS) is 16.6. The number of carbonyl (C=O) groups excluding carboxylic acids is 2. The molecule has 0 saturated heterocycles. The molecule has 7 heteroatoms. The van der Waals surface area contributed by atoms with E-state index in [1.54, 1.807) is 65.4 Å². The van der Waals surface area contributed by atoms with Gasteiger partial charge in [-0.25, -0.2) is 14.0 Å². The fourth-order valence-corrected chi connectivity index (χ4v) is 4.89. The van der Waals surface area contributed by atoms with Crippen LogP contribution in [0.2, 0.25) is 0 Å². The van der Waals surface area contributed by atoms with Gasteiger partial charge in [0.15, 0.2) is 0 Å². The predicted molar refractivity (Wildman–Crippen MR) is 127 cm³/mol. The SMILES string of the molecule is CC(C)(C)OC(=O)N[C@@H](CCSCCC1(c2cccc(F)c2)CCC1)C(=O)OC(C)(C)C. The Bertz CT molecular complexity index is 781. The molecule has 1 aromatic carbocycles. The molecule has 1 N–H and O–H groups in total. The van der Waals surface area contributed by atoms with E-state index >= 15 is 0 Å². The molecular weight excluding hydrogens is 429 g/mol. The lowest BCUT2D eigenvalue weighted by molar-refractivity contribution is -0.157. The number of rotatable bonds is 9. The summed E-state index contributed by atoms with van der Waals surface area (Å²) in [5.74, 6) is 0.956. The maximum atomic E-state index is 13.7. The van der Waals surface area contributed by atoms with Gasteiger partial charge in [0, 0.05) is 0 Å². The Hall–Kier alpha value is -1.76. The van der Waals surface area contributed by atoms with Crippen LogP contribution in [0, 0.1) is 5.82 Å². The fraction of sp³-hybridized carbons (Fsp3) is 0.680. The predicted octanol–water partition coefficient (Wildman–Crippen LogP) is 6.00. The Morgan fingerprint density at radius 1 is 1.09 bits per heavy atom. The molecule has 1 aliphatic carbocycles. The van der Waals surface area contributed by atoms with E-state index in [-0.39, 0.29) is 11.2 Å². The van der Waals surface area contributed by atoms with Gasteiger partial charge in [-0.15, -0.1) is 0 Å². The highest BCUT2D eigenvalue weighted by atomic mass is 32.2. The van der Waals surface area contributed by atoms with Gasteiger partial charge in [0.1, 0.15) is 23.1 Å². The van der Waals surface area contributed by atoms with Gasteiger partial charge in [-0.1, -0.05) is 18.6 Å². The minimum absolute atomic E-state index is 0.0639. The Morgan fingerprint density at radius 3 is 2.28 bits per heavy atom. The first kappa shape index (κ1) is 26.5. The van der Waals surface area contributed by atoms with Gasteiger partial charge in [-0.05, 0) is 102 Å². The second-order valence-corrected chi connectivity index (χ2v) is 11.8. The van der Waals surface area contributed by atoms with Crippen molar-refractivity contribution >= 4 is 23.8 Å². The van der Waals surface area contributed by atoms with E-state index in [0.29, 0.717) is 12.2 Å². The van der Waals surface area contributed by atoms with Crippen molar-refractivity contribution in [2.45, 2.75) is 96.3 Å². The van der Waals surface area contributed by atoms with Crippen LogP contribution in [0.5, 0.6) is 0 Å². The van der Waals surface area contributed by atoms with Crippen molar-refractivity contribution in [2.24, 2.45) is 0 Å². The standard InChI is InChI=1S/C25H38FNO4S/c1-23(2,3)30-21(28)20(27-22(29)31-24(4,5)6)11-15-32-16-14-25(12-8-13-25)18-9-7-10-19(26)17-18/h7,9-10,17,20H,8,11-16H2,1-6H3,(H,27,29)/t20-/m0/s1. The molecule has 1 fully saturated rings. The van der Waals surface area contributed by atoms with E-state index in [1.165, 1.54) is 12.5 Å². The summed E-state index contributed by atoms with van der Waals surface area (Å²) in [6.07, 6.45) is 4.12. The molecule has 0 bridgehead atoms. The highest BCUT2D eigenvalue weighted by molar-refractivity contribution is 7.99. The van der Waals surface area contributed by atoms with Crippen molar-refractivity contribution < 1.29 is 23.5 Å². The third-order valence-corrected chi connectivity index (χ3v) is 6.42. The number of hydrogen-bond acceptors (Lipinski definition) is 5. The number of esters is 1. The smallest absolute Gasteiger partial charge is 0.408 e. The lowest BCUT2D eigenvalue weighted by Gasteiger charge is -2.42. The van der Waals surface area contributed by atoms with Crippen molar-refractivity contribution in [3.63, 3.8) is 0 Å². The number of alkyl carbamates (subject to hydrolysis) is 1. The largest absolute Gasteiger partial charge is 0.458 e. The van der Waals surface area contributed by atoms with Gasteiger partial charge in [-0.2, -0.15) is 11.8 Å². The minimum atomic E-state index is -0.766. The lowest BCUT2D eigenvalue weighted by atomic mass is 9.63. The van der Waals surface area contributed by atoms with Gasteiger partial charge >= 0.3 is 12.1 Å². The van der Waals surface area contributed by atoms with Crippen LogP contribution >= 0.6 is 11.8 Å². The second kappa shape index (κ2) is 10.9. The average molecular weight is 468 g/mol. The highest BCUT2D eigenvalue weighted by Gasteiger charge is 2.38. The molecule has 1 amide bonds. The molecule has 1 aliphatic rings. The molecule has 1 saturated carbocycles. The van der Waals surface area contributed by atoms with E-state index in [4.69, 9.17) is 9.47 Å². The van der Waals surface area contributed by atoms with E-state index < -0.39 is 29.3 Å². The summed E-state index contributed by atoms with van der Waals surface area (Å²) < 4.78 is 24.5. The van der Waals surface area contributed by atoms with Gasteiger partial charge < -0.3 is 14.8 Å². The topological polar surface area (TPSA) is 64.6 Å². The molecule has 5 nitrogen and oxygen atoms in total. The first-order valence-corrected chi connectivity index (χ1v) is 12.5. The van der Waals surface area contributed by atoms with Crippen LogP contribution in [-0.2, 0) is 19.7 Å². The van der Waals surface area contributed by atoms with Crippen LogP contribution in [0.15, 0.2) is 24.3 Å². The van der Waals surface area contributed by atoms with E-state index in [2.05, 4.69) is 5.32 Å². The third-order valence-electron chi connectivity index (χ3n) is 5.41. The number of thioether (sulfide) groups is 1. The zero-order valence-electron chi connectivity index (χ0n) is 20.3. The molecule has 2 rings (SSSR count). The Labute approximate surface area is 196 Å². The molecule has 0 aliphatic heterocycles. The zero-order valence-corrected chi connectivity index (χ0v) is 21.1. The van der Waals surface area contributed by atoms with Crippen molar-refractivity contribution in [2.75, 3.05) is 11.5 Å². The number of carbonyl (C=O) groups is 2. The zero-order chi connectivity index (χ0) is 24.0. The summed E-state index contributed by atoms with van der Waals surface area (Å²) in [4.78, 5) is 24.8. The van der Waals surface area contributed by atoms with Gasteiger partial charge in [0.05, 0.1) is 0 Å². The molecule has 1 atom stereocenters. The van der Waals surface area contributed by atoms with Crippen LogP contribution < -0.4 is 5.32 Å². The first-order chi connectivity index (χ1) is 14.8. The number of hydrogen-bond donors (Lipinski definition) is 1. The Kier molecular flexibility index (Phi) is 9.03. The van der Waals surface area contributed by atoms with Gasteiger partial charge in [-0.3, -0.25) is 0 Å². The van der Waals surface area contributed by atoms with Crippen molar-refractivity contribution in [3.05, 3.63) is 35.6 Å². The average Bonchev–Trinajstić information content (AvgIpc) is 2.59. The molecular formula is C25H38FNO4S. The van der Waals surface area contributed by atoms with Gasteiger partial charge in [0.2, 0.25) is 0 Å². The van der Waals surface area contributed by atoms with E-state index in [1.807, 2.05) is 6.07 Å². The second-order valence-electron chi connectivity index (χ2n) is 10.5. The van der Waals surface area contributed by atoms with Crippen LogP contribution in [0.3, 0.4) is 0 Å². The molecule has 0 unspecified atom stereocenters. The monoisotopic (exact) mass is 467 g/mol. The van der Waals surface area contributed by atoms with Crippen molar-refractivity contribution in [1.29, 1.82) is 0 Å². The summed E-state index contributed by atoms with van der Waals surface area (Å²) in [5.41, 5.74) is -0.137. The molecule has 180 valence electrons. The quantitative estimate of drug-likeness (QED) is 0.357. The maximum Gasteiger partial charge on any atom is 0.408 e. The first-order valence-electron chi connectivity index (χ1n) is 11.4. The maximum absolute atomic E-state index is 13.7. The number of nitrogens with one attached hydrogen (secondary N) is 1. The van der Waals surface area contributed by atoms with Crippen molar-refractivity contribution in [1.82, 2.24) is 5.32 Å². The third kappa shape index (κ3) is 8.64. The summed E-state index contributed by atoms with van der Waals surface area (Å²) in [6.45, 7) is 10.7. The number of ether oxygens (including phenoxy) is 2. The molecule has 0 aromatic heterocycles. The van der Waals surface area contributed by atoms with Crippen LogP contribution in [0.4, 0.5) is 9.18 Å².